The Morgan fingerprint density at radius 3 is 2.58 bits per heavy atom. The average Bonchev–Trinajstić information content (AvgIpc) is 3.25. The van der Waals surface area contributed by atoms with Crippen molar-refractivity contribution in [2.24, 2.45) is 28.6 Å². The van der Waals surface area contributed by atoms with Crippen LogP contribution in [0.15, 0.2) is 46.8 Å². The maximum Gasteiger partial charge on any atom is 0.330 e. The van der Waals surface area contributed by atoms with Crippen LogP contribution < -0.4 is 0 Å². The lowest BCUT2D eigenvalue weighted by Crippen LogP contribution is -2.49. The van der Waals surface area contributed by atoms with Crippen LogP contribution in [0, 0.1) is 28.6 Å². The Kier molecular flexibility index (Phi) is 4.21. The predicted molar refractivity (Wildman–Crippen MR) is 110 cm³/mol. The number of carbonyl (C=O) groups excluding carboxylic acids is 3. The molecule has 2 fully saturated rings. The summed E-state index contributed by atoms with van der Waals surface area (Å²) in [5.74, 6) is -1.45. The lowest BCUT2D eigenvalue weighted by Gasteiger charge is -2.50. The van der Waals surface area contributed by atoms with Gasteiger partial charge in [-0.2, -0.15) is 0 Å². The second kappa shape index (κ2) is 6.44. The number of hydrogen-bond acceptors (Lipinski definition) is 6. The predicted octanol–water partition coefficient (Wildman–Crippen LogP) is 4.32. The number of esters is 2. The van der Waals surface area contributed by atoms with Gasteiger partial charge in [-0.1, -0.05) is 19.9 Å². The summed E-state index contributed by atoms with van der Waals surface area (Å²) in [5, 5.41) is 0. The molecule has 2 aliphatic heterocycles. The third-order valence-electron chi connectivity index (χ3n) is 8.30. The van der Waals surface area contributed by atoms with Crippen LogP contribution in [0.2, 0.25) is 0 Å². The van der Waals surface area contributed by atoms with E-state index >= 15 is 0 Å². The summed E-state index contributed by atoms with van der Waals surface area (Å²) >= 11 is 0. The molecule has 1 aromatic rings. The van der Waals surface area contributed by atoms with Gasteiger partial charge in [-0.15, -0.1) is 0 Å². The molecule has 2 aliphatic carbocycles. The van der Waals surface area contributed by atoms with Crippen molar-refractivity contribution in [3.05, 3.63) is 48.0 Å². The second-order valence-corrected chi connectivity index (χ2v) is 10.5. The van der Waals surface area contributed by atoms with Crippen molar-refractivity contribution in [2.45, 2.75) is 58.7 Å². The molecule has 4 aliphatic rings. The molecule has 31 heavy (non-hydrogen) atoms. The summed E-state index contributed by atoms with van der Waals surface area (Å²) in [6.45, 7) is 7.94. The molecule has 6 nitrogen and oxygen atoms in total. The normalized spacial score (nSPS) is 41.2. The Morgan fingerprint density at radius 1 is 1.10 bits per heavy atom. The van der Waals surface area contributed by atoms with Crippen LogP contribution in [0.3, 0.4) is 0 Å². The first-order valence-corrected chi connectivity index (χ1v) is 11.0. The monoisotopic (exact) mass is 424 g/mol. The molecule has 5 rings (SSSR count). The third-order valence-corrected chi connectivity index (χ3v) is 8.30. The highest BCUT2D eigenvalue weighted by Gasteiger charge is 2.63. The Bertz CT molecular complexity index is 1010. The van der Waals surface area contributed by atoms with Crippen molar-refractivity contribution in [1.29, 1.82) is 0 Å². The fourth-order valence-corrected chi connectivity index (χ4v) is 6.83. The Morgan fingerprint density at radius 2 is 1.87 bits per heavy atom. The quantitative estimate of drug-likeness (QED) is 0.624. The van der Waals surface area contributed by atoms with Crippen molar-refractivity contribution in [1.82, 2.24) is 0 Å². The maximum atomic E-state index is 13.2. The third kappa shape index (κ3) is 2.80. The first kappa shape index (κ1) is 20.3. The van der Waals surface area contributed by atoms with Gasteiger partial charge in [0, 0.05) is 29.4 Å². The topological polar surface area (TPSA) is 82.8 Å². The molecule has 0 N–H and O–H groups in total. The summed E-state index contributed by atoms with van der Waals surface area (Å²) in [7, 11) is 0. The first-order chi connectivity index (χ1) is 14.6. The van der Waals surface area contributed by atoms with Gasteiger partial charge in [-0.05, 0) is 55.7 Å². The van der Waals surface area contributed by atoms with E-state index in [9.17, 15) is 14.4 Å². The number of ketones is 1. The summed E-state index contributed by atoms with van der Waals surface area (Å²) in [6.07, 6.45) is 9.73. The zero-order chi connectivity index (χ0) is 22.2. The van der Waals surface area contributed by atoms with Gasteiger partial charge in [0.15, 0.2) is 5.78 Å². The highest BCUT2D eigenvalue weighted by molar-refractivity contribution is 5.93. The number of fused-ring (bicyclic) bond motifs is 5. The molecule has 164 valence electrons. The molecular weight excluding hydrogens is 396 g/mol. The minimum Gasteiger partial charge on any atom is -0.472 e. The number of ether oxygens (including phenoxy) is 2. The molecule has 0 aromatic carbocycles. The molecule has 1 saturated heterocycles. The molecule has 0 radical (unpaired) electrons. The van der Waals surface area contributed by atoms with Crippen molar-refractivity contribution < 1.29 is 28.3 Å². The largest absolute Gasteiger partial charge is 0.472 e. The van der Waals surface area contributed by atoms with E-state index < -0.39 is 34.4 Å². The number of allylic oxidation sites excluding steroid dienone is 2. The van der Waals surface area contributed by atoms with Gasteiger partial charge in [0.05, 0.1) is 18.4 Å². The molecule has 1 saturated carbocycles. The lowest BCUT2D eigenvalue weighted by atomic mass is 9.52. The van der Waals surface area contributed by atoms with E-state index in [1.165, 1.54) is 6.08 Å². The maximum absolute atomic E-state index is 13.2. The van der Waals surface area contributed by atoms with E-state index in [0.29, 0.717) is 0 Å². The van der Waals surface area contributed by atoms with Crippen LogP contribution >= 0.6 is 0 Å². The lowest BCUT2D eigenvalue weighted by molar-refractivity contribution is -0.160. The van der Waals surface area contributed by atoms with Gasteiger partial charge in [0.25, 0.3) is 0 Å². The van der Waals surface area contributed by atoms with E-state index in [1.807, 2.05) is 26.0 Å². The molecular formula is C25H28O6. The molecule has 6 heteroatoms. The van der Waals surface area contributed by atoms with E-state index in [2.05, 4.69) is 13.8 Å². The van der Waals surface area contributed by atoms with Crippen LogP contribution in [0.1, 0.15) is 58.6 Å². The minimum atomic E-state index is -0.801. The van der Waals surface area contributed by atoms with Gasteiger partial charge in [-0.3, -0.25) is 9.59 Å². The minimum absolute atomic E-state index is 0.0306. The Balaban J connectivity index is 1.63. The Hall–Kier alpha value is -2.63. The van der Waals surface area contributed by atoms with Crippen LogP contribution in [0.25, 0.3) is 0 Å². The number of cyclic esters (lactones) is 2. The zero-order valence-corrected chi connectivity index (χ0v) is 18.3. The molecule has 6 atom stereocenters. The summed E-state index contributed by atoms with van der Waals surface area (Å²) in [4.78, 5) is 38.6. The number of hydrogen-bond donors (Lipinski definition) is 0. The van der Waals surface area contributed by atoms with Gasteiger partial charge in [0.2, 0.25) is 0 Å². The molecule has 1 aromatic heterocycles. The fourth-order valence-electron chi connectivity index (χ4n) is 6.83. The number of carbonyl (C=O) groups is 3. The summed E-state index contributed by atoms with van der Waals surface area (Å²) in [5.41, 5.74) is -0.0747. The Labute approximate surface area is 181 Å². The number of furan rings is 1. The van der Waals surface area contributed by atoms with Crippen LogP contribution in [-0.2, 0) is 23.9 Å². The first-order valence-electron chi connectivity index (χ1n) is 11.0. The zero-order valence-electron chi connectivity index (χ0n) is 18.3. The highest BCUT2D eigenvalue weighted by Crippen LogP contribution is 2.64. The summed E-state index contributed by atoms with van der Waals surface area (Å²) in [6, 6.07) is 1.83. The van der Waals surface area contributed by atoms with Crippen molar-refractivity contribution >= 4 is 17.7 Å². The molecule has 0 spiro atoms. The smallest absolute Gasteiger partial charge is 0.330 e. The second-order valence-electron chi connectivity index (χ2n) is 10.5. The van der Waals surface area contributed by atoms with E-state index in [-0.39, 0.29) is 30.0 Å². The van der Waals surface area contributed by atoms with Crippen LogP contribution in [0.5, 0.6) is 0 Å². The standard InChI is InChI=1S/C25H28O6/c1-23(2)18-12-15(26)11-16-17(24(18,3)9-6-19(27)31-23)5-8-25(4)20(16)22(28)30-21(25)14-7-10-29-13-14/h6-7,9-11,13,17-18,20-21H,5,8,12H2,1-4H3. The van der Waals surface area contributed by atoms with Gasteiger partial charge >= 0.3 is 11.9 Å². The van der Waals surface area contributed by atoms with Gasteiger partial charge < -0.3 is 13.9 Å². The van der Waals surface area contributed by atoms with Crippen LogP contribution in [0.4, 0.5) is 0 Å². The highest BCUT2D eigenvalue weighted by atomic mass is 16.6. The van der Waals surface area contributed by atoms with Crippen LogP contribution in [-0.4, -0.2) is 23.3 Å². The van der Waals surface area contributed by atoms with E-state index in [1.54, 1.807) is 18.6 Å². The molecule has 0 amide bonds. The van der Waals surface area contributed by atoms with Gasteiger partial charge in [-0.25, -0.2) is 4.79 Å². The molecule has 0 bridgehead atoms. The van der Waals surface area contributed by atoms with Crippen molar-refractivity contribution in [2.75, 3.05) is 0 Å². The van der Waals surface area contributed by atoms with E-state index in [4.69, 9.17) is 13.9 Å². The number of rotatable bonds is 1. The summed E-state index contributed by atoms with van der Waals surface area (Å²) < 4.78 is 16.8. The van der Waals surface area contributed by atoms with Crippen molar-refractivity contribution in [3.63, 3.8) is 0 Å². The van der Waals surface area contributed by atoms with Crippen molar-refractivity contribution in [3.8, 4) is 0 Å². The SMILES string of the molecule is CC1(C)OC(=O)C=CC2(C)C3CCC4(C)C(C(=O)OC4c4ccoc4)C3=CC(=O)CC12. The van der Waals surface area contributed by atoms with Gasteiger partial charge in [0.1, 0.15) is 11.7 Å². The fraction of sp³-hybridized carbons (Fsp3) is 0.560. The molecule has 3 heterocycles. The molecule has 6 unspecified atom stereocenters. The average molecular weight is 424 g/mol. The van der Waals surface area contributed by atoms with E-state index in [0.717, 1.165) is 24.0 Å².